The Balaban J connectivity index is 1.37. The van der Waals surface area contributed by atoms with E-state index < -0.39 is 0 Å². The van der Waals surface area contributed by atoms with Gasteiger partial charge in [0.2, 0.25) is 0 Å². The van der Waals surface area contributed by atoms with Gasteiger partial charge < -0.3 is 19.1 Å². The van der Waals surface area contributed by atoms with Crippen LogP contribution in [0.5, 0.6) is 17.2 Å². The number of rotatable bonds is 11. The Labute approximate surface area is 182 Å². The zero-order valence-corrected chi connectivity index (χ0v) is 19.1. The molecule has 0 heterocycles. The van der Waals surface area contributed by atoms with E-state index in [-0.39, 0.29) is 0 Å². The number of ether oxygens (including phenoxy) is 3. The first-order valence-corrected chi connectivity index (χ1v) is 11.2. The second kappa shape index (κ2) is 11.3. The van der Waals surface area contributed by atoms with Crippen LogP contribution in [0, 0.1) is 5.92 Å². The van der Waals surface area contributed by atoms with Crippen molar-refractivity contribution in [2.45, 2.75) is 44.9 Å². The molecule has 0 amide bonds. The van der Waals surface area contributed by atoms with E-state index in [1.54, 1.807) is 21.3 Å². The van der Waals surface area contributed by atoms with E-state index in [0.717, 1.165) is 49.0 Å². The van der Waals surface area contributed by atoms with Crippen molar-refractivity contribution >= 4 is 0 Å². The monoisotopic (exact) mass is 411 g/mol. The number of methoxy groups -OCH3 is 3. The molecule has 0 saturated heterocycles. The van der Waals surface area contributed by atoms with Gasteiger partial charge in [0.25, 0.3) is 0 Å². The van der Waals surface area contributed by atoms with Crippen LogP contribution in [-0.4, -0.2) is 46.4 Å². The van der Waals surface area contributed by atoms with E-state index in [9.17, 15) is 0 Å². The summed E-state index contributed by atoms with van der Waals surface area (Å²) in [6, 6.07) is 12.8. The van der Waals surface area contributed by atoms with E-state index >= 15 is 0 Å². The Morgan fingerprint density at radius 3 is 2.20 bits per heavy atom. The highest BCUT2D eigenvalue weighted by Crippen LogP contribution is 2.36. The Kier molecular flexibility index (Phi) is 8.44. The first-order valence-electron chi connectivity index (χ1n) is 11.2. The van der Waals surface area contributed by atoms with E-state index in [2.05, 4.69) is 36.2 Å². The van der Waals surface area contributed by atoms with Gasteiger partial charge in [0.1, 0.15) is 5.75 Å². The maximum atomic E-state index is 5.49. The van der Waals surface area contributed by atoms with Crippen LogP contribution in [-0.2, 0) is 19.3 Å². The van der Waals surface area contributed by atoms with Crippen molar-refractivity contribution in [3.63, 3.8) is 0 Å². The summed E-state index contributed by atoms with van der Waals surface area (Å²) in [5, 5.41) is 0. The molecule has 0 spiro atoms. The third-order valence-electron chi connectivity index (χ3n) is 6.35. The average molecular weight is 412 g/mol. The molecule has 1 aliphatic carbocycles. The van der Waals surface area contributed by atoms with Crippen LogP contribution in [0.15, 0.2) is 36.4 Å². The number of aryl methyl sites for hydroxylation is 2. The topological polar surface area (TPSA) is 30.9 Å². The smallest absolute Gasteiger partial charge is 0.161 e. The third kappa shape index (κ3) is 6.15. The molecule has 0 fully saturated rings. The molecule has 1 unspecified atom stereocenters. The van der Waals surface area contributed by atoms with E-state index in [1.165, 1.54) is 48.9 Å². The summed E-state index contributed by atoms with van der Waals surface area (Å²) in [6.45, 7) is 2.33. The standard InChI is InChI=1S/C26H37NO3/c1-27(15-5-7-20-10-13-24(28-2)14-11-20)16-6-8-21-9-12-22-18-25(29-3)26(30-4)19-23(22)17-21/h10-11,13-14,18-19,21H,5-9,12,15-17H2,1-4H3. The zero-order valence-electron chi connectivity index (χ0n) is 19.1. The Hall–Kier alpha value is -2.20. The van der Waals surface area contributed by atoms with Gasteiger partial charge in [0.05, 0.1) is 21.3 Å². The number of hydrogen-bond acceptors (Lipinski definition) is 4. The van der Waals surface area contributed by atoms with Gasteiger partial charge in [0.15, 0.2) is 11.5 Å². The minimum absolute atomic E-state index is 0.781. The van der Waals surface area contributed by atoms with Gasteiger partial charge in [-0.05, 0) is 112 Å². The molecule has 4 nitrogen and oxygen atoms in total. The Morgan fingerprint density at radius 1 is 0.867 bits per heavy atom. The lowest BCUT2D eigenvalue weighted by molar-refractivity contribution is 0.301. The fourth-order valence-corrected chi connectivity index (χ4v) is 4.51. The van der Waals surface area contributed by atoms with Crippen molar-refractivity contribution in [1.82, 2.24) is 4.90 Å². The lowest BCUT2D eigenvalue weighted by Gasteiger charge is -2.26. The van der Waals surface area contributed by atoms with Crippen molar-refractivity contribution < 1.29 is 14.2 Å². The van der Waals surface area contributed by atoms with Gasteiger partial charge in [-0.25, -0.2) is 0 Å². The predicted octanol–water partition coefficient (Wildman–Crippen LogP) is 5.16. The van der Waals surface area contributed by atoms with Crippen molar-refractivity contribution in [3.05, 3.63) is 53.1 Å². The zero-order chi connectivity index (χ0) is 21.3. The maximum absolute atomic E-state index is 5.49. The summed E-state index contributed by atoms with van der Waals surface area (Å²) in [5.41, 5.74) is 4.26. The van der Waals surface area contributed by atoms with Crippen molar-refractivity contribution in [2.75, 3.05) is 41.5 Å². The molecule has 4 heteroatoms. The normalized spacial score (nSPS) is 15.7. The molecule has 164 valence electrons. The van der Waals surface area contributed by atoms with Crippen LogP contribution in [0.3, 0.4) is 0 Å². The van der Waals surface area contributed by atoms with Gasteiger partial charge in [-0.15, -0.1) is 0 Å². The molecule has 2 aromatic carbocycles. The molecular formula is C26H37NO3. The lowest BCUT2D eigenvalue weighted by Crippen LogP contribution is -2.23. The lowest BCUT2D eigenvalue weighted by atomic mass is 9.81. The molecule has 3 rings (SSSR count). The van der Waals surface area contributed by atoms with Gasteiger partial charge in [-0.1, -0.05) is 12.1 Å². The van der Waals surface area contributed by atoms with Crippen molar-refractivity contribution in [3.8, 4) is 17.2 Å². The Bertz CT molecular complexity index is 788. The molecular weight excluding hydrogens is 374 g/mol. The van der Waals surface area contributed by atoms with Gasteiger partial charge >= 0.3 is 0 Å². The van der Waals surface area contributed by atoms with Crippen molar-refractivity contribution in [1.29, 1.82) is 0 Å². The molecule has 2 aromatic rings. The molecule has 0 N–H and O–H groups in total. The number of fused-ring (bicyclic) bond motifs is 1. The van der Waals surface area contributed by atoms with Crippen molar-refractivity contribution in [2.24, 2.45) is 5.92 Å². The van der Waals surface area contributed by atoms with Crippen LogP contribution in [0.2, 0.25) is 0 Å². The van der Waals surface area contributed by atoms with Gasteiger partial charge in [0, 0.05) is 0 Å². The van der Waals surface area contributed by atoms with E-state index in [0.29, 0.717) is 0 Å². The quantitative estimate of drug-likeness (QED) is 0.511. The highest BCUT2D eigenvalue weighted by molar-refractivity contribution is 5.48. The largest absolute Gasteiger partial charge is 0.497 e. The fourth-order valence-electron chi connectivity index (χ4n) is 4.51. The molecule has 30 heavy (non-hydrogen) atoms. The molecule has 1 atom stereocenters. The second-order valence-electron chi connectivity index (χ2n) is 8.48. The summed E-state index contributed by atoms with van der Waals surface area (Å²) in [5.74, 6) is 3.42. The molecule has 0 saturated carbocycles. The summed E-state index contributed by atoms with van der Waals surface area (Å²) in [7, 11) is 7.39. The van der Waals surface area contributed by atoms with E-state index in [4.69, 9.17) is 14.2 Å². The second-order valence-corrected chi connectivity index (χ2v) is 8.48. The molecule has 1 aliphatic rings. The average Bonchev–Trinajstić information content (AvgIpc) is 2.78. The van der Waals surface area contributed by atoms with Crippen LogP contribution in [0.4, 0.5) is 0 Å². The highest BCUT2D eigenvalue weighted by atomic mass is 16.5. The number of nitrogens with zero attached hydrogens (tertiary/aromatic N) is 1. The first-order chi connectivity index (χ1) is 14.6. The Morgan fingerprint density at radius 2 is 1.53 bits per heavy atom. The van der Waals surface area contributed by atoms with Gasteiger partial charge in [-0.2, -0.15) is 0 Å². The summed E-state index contributed by atoms with van der Waals surface area (Å²) in [4.78, 5) is 2.48. The van der Waals surface area contributed by atoms with Crippen LogP contribution >= 0.6 is 0 Å². The first kappa shape index (κ1) is 22.5. The summed E-state index contributed by atoms with van der Waals surface area (Å²) in [6.07, 6.45) is 8.49. The summed E-state index contributed by atoms with van der Waals surface area (Å²) >= 11 is 0. The molecule has 0 bridgehead atoms. The summed E-state index contributed by atoms with van der Waals surface area (Å²) < 4.78 is 16.2. The predicted molar refractivity (Wildman–Crippen MR) is 123 cm³/mol. The molecule has 0 aliphatic heterocycles. The molecule has 0 aromatic heterocycles. The van der Waals surface area contributed by atoms with Crippen LogP contribution < -0.4 is 14.2 Å². The van der Waals surface area contributed by atoms with E-state index in [1.807, 2.05) is 12.1 Å². The number of benzene rings is 2. The van der Waals surface area contributed by atoms with Crippen LogP contribution in [0.1, 0.15) is 42.4 Å². The fraction of sp³-hybridized carbons (Fsp3) is 0.538. The molecule has 0 radical (unpaired) electrons. The maximum Gasteiger partial charge on any atom is 0.161 e. The highest BCUT2D eigenvalue weighted by Gasteiger charge is 2.21. The minimum atomic E-state index is 0.781. The van der Waals surface area contributed by atoms with Crippen LogP contribution in [0.25, 0.3) is 0 Å². The SMILES string of the molecule is COc1ccc(CCCN(C)CCCC2CCc3cc(OC)c(OC)cc3C2)cc1. The van der Waals surface area contributed by atoms with Gasteiger partial charge in [-0.3, -0.25) is 0 Å². The minimum Gasteiger partial charge on any atom is -0.497 e. The third-order valence-corrected chi connectivity index (χ3v) is 6.35. The number of hydrogen-bond donors (Lipinski definition) is 0.